The molecule has 2 aromatic carbocycles. The Labute approximate surface area is 175 Å². The summed E-state index contributed by atoms with van der Waals surface area (Å²) < 4.78 is 5.18. The van der Waals surface area contributed by atoms with Crippen LogP contribution in [-0.4, -0.2) is 31.1 Å². The van der Waals surface area contributed by atoms with Crippen LogP contribution in [-0.2, 0) is 14.3 Å². The number of esters is 1. The molecule has 6 nitrogen and oxygen atoms in total. The first-order valence-corrected chi connectivity index (χ1v) is 10.3. The molecule has 2 rings (SSSR count). The molecule has 7 heteroatoms. The minimum absolute atomic E-state index is 0.448. The Kier molecular flexibility index (Phi) is 9.24. The summed E-state index contributed by atoms with van der Waals surface area (Å²) >= 11 is 1.34. The molecule has 0 heterocycles. The van der Waals surface area contributed by atoms with Gasteiger partial charge in [-0.2, -0.15) is 0 Å². The lowest BCUT2D eigenvalue weighted by atomic mass is 10.1. The van der Waals surface area contributed by atoms with Crippen LogP contribution in [0.2, 0.25) is 0 Å². The van der Waals surface area contributed by atoms with Crippen molar-refractivity contribution in [1.82, 2.24) is 10.6 Å². The molecule has 0 aliphatic rings. The Morgan fingerprint density at radius 2 is 1.59 bits per heavy atom. The largest absolute Gasteiger partial charge is 0.454 e. The summed E-state index contributed by atoms with van der Waals surface area (Å²) in [6.07, 6.45) is 0.812. The minimum atomic E-state index is -0.670. The van der Waals surface area contributed by atoms with Crippen molar-refractivity contribution in [3.8, 4) is 0 Å². The number of amides is 3. The van der Waals surface area contributed by atoms with Gasteiger partial charge in [-0.05, 0) is 30.0 Å². The van der Waals surface area contributed by atoms with Crippen LogP contribution in [0.5, 0.6) is 0 Å². The fraction of sp³-hybridized carbons (Fsp3) is 0.318. The van der Waals surface area contributed by atoms with Crippen molar-refractivity contribution in [1.29, 1.82) is 0 Å². The molecule has 2 N–H and O–H groups in total. The van der Waals surface area contributed by atoms with Gasteiger partial charge >= 0.3 is 12.0 Å². The first-order chi connectivity index (χ1) is 14.0. The zero-order valence-corrected chi connectivity index (χ0v) is 17.4. The molecule has 0 aliphatic heterocycles. The van der Waals surface area contributed by atoms with Crippen LogP contribution in [0.15, 0.2) is 65.6 Å². The fourth-order valence-corrected chi connectivity index (χ4v) is 3.45. The van der Waals surface area contributed by atoms with Crippen LogP contribution in [0, 0.1) is 5.92 Å². The zero-order valence-electron chi connectivity index (χ0n) is 16.6. The van der Waals surface area contributed by atoms with Gasteiger partial charge in [0.1, 0.15) is 5.25 Å². The maximum absolute atomic E-state index is 12.7. The molecule has 2 aromatic rings. The molecular formula is C22H26N2O4S. The summed E-state index contributed by atoms with van der Waals surface area (Å²) in [6, 6.07) is 18.1. The highest BCUT2D eigenvalue weighted by Gasteiger charge is 2.24. The van der Waals surface area contributed by atoms with Crippen LogP contribution in [0.1, 0.15) is 31.1 Å². The lowest BCUT2D eigenvalue weighted by Crippen LogP contribution is -2.42. The van der Waals surface area contributed by atoms with Gasteiger partial charge in [-0.1, -0.05) is 62.4 Å². The molecule has 154 valence electrons. The summed E-state index contributed by atoms with van der Waals surface area (Å²) in [5.41, 5.74) is 0.776. The normalized spacial score (nSPS) is 11.6. The van der Waals surface area contributed by atoms with E-state index in [1.165, 1.54) is 11.8 Å². The van der Waals surface area contributed by atoms with Crippen molar-refractivity contribution in [2.45, 2.75) is 30.4 Å². The number of carbonyl (C=O) groups excluding carboxylic acids is 3. The molecule has 3 amide bonds. The molecule has 0 fully saturated rings. The number of thioether (sulfide) groups is 1. The van der Waals surface area contributed by atoms with Gasteiger partial charge in [0.2, 0.25) is 0 Å². The van der Waals surface area contributed by atoms with Crippen molar-refractivity contribution in [3.05, 3.63) is 66.2 Å². The van der Waals surface area contributed by atoms with Crippen LogP contribution in [0.25, 0.3) is 0 Å². The number of ether oxygens (including phenoxy) is 1. The zero-order chi connectivity index (χ0) is 21.1. The third-order valence-electron chi connectivity index (χ3n) is 3.92. The first kappa shape index (κ1) is 22.5. The quantitative estimate of drug-likeness (QED) is 0.480. The average Bonchev–Trinajstić information content (AvgIpc) is 2.71. The molecule has 0 saturated carbocycles. The molecule has 1 atom stereocenters. The Morgan fingerprint density at radius 3 is 2.21 bits per heavy atom. The van der Waals surface area contributed by atoms with Crippen molar-refractivity contribution in [2.75, 3.05) is 13.2 Å². The van der Waals surface area contributed by atoms with Gasteiger partial charge in [0.25, 0.3) is 5.91 Å². The second-order valence-corrected chi connectivity index (χ2v) is 7.99. The van der Waals surface area contributed by atoms with Gasteiger partial charge in [0.15, 0.2) is 6.61 Å². The summed E-state index contributed by atoms with van der Waals surface area (Å²) in [5.74, 6) is -0.763. The van der Waals surface area contributed by atoms with Gasteiger partial charge in [0, 0.05) is 11.4 Å². The standard InChI is InChI=1S/C22H26N2O4S/c1-16(2)13-14-23-22(27)24-19(25)15-28-21(26)20(17-9-5-3-6-10-17)29-18-11-7-4-8-12-18/h3-12,16,20H,13-15H2,1-2H3,(H2,23,24,25,27)/t20-/m0/s1. The number of benzene rings is 2. The van der Waals surface area contributed by atoms with E-state index < -0.39 is 29.8 Å². The number of imide groups is 1. The highest BCUT2D eigenvalue weighted by atomic mass is 32.2. The topological polar surface area (TPSA) is 84.5 Å². The van der Waals surface area contributed by atoms with E-state index in [1.807, 2.05) is 74.5 Å². The third kappa shape index (κ3) is 8.39. The number of nitrogens with one attached hydrogen (secondary N) is 2. The molecule has 0 radical (unpaired) electrons. The summed E-state index contributed by atoms with van der Waals surface area (Å²) in [6.45, 7) is 4.04. The third-order valence-corrected chi connectivity index (χ3v) is 5.16. The van der Waals surface area contributed by atoms with E-state index >= 15 is 0 Å². The lowest BCUT2D eigenvalue weighted by Gasteiger charge is -2.16. The van der Waals surface area contributed by atoms with Crippen molar-refractivity contribution in [2.24, 2.45) is 5.92 Å². The predicted octanol–water partition coefficient (Wildman–Crippen LogP) is 3.94. The lowest BCUT2D eigenvalue weighted by molar-refractivity contribution is -0.147. The van der Waals surface area contributed by atoms with E-state index in [-0.39, 0.29) is 0 Å². The van der Waals surface area contributed by atoms with Crippen LogP contribution in [0.3, 0.4) is 0 Å². The second-order valence-electron chi connectivity index (χ2n) is 6.82. The van der Waals surface area contributed by atoms with E-state index in [2.05, 4.69) is 10.6 Å². The van der Waals surface area contributed by atoms with E-state index in [4.69, 9.17) is 4.74 Å². The average molecular weight is 415 g/mol. The fourth-order valence-electron chi connectivity index (χ4n) is 2.41. The maximum Gasteiger partial charge on any atom is 0.324 e. The number of rotatable bonds is 9. The van der Waals surface area contributed by atoms with Crippen molar-refractivity contribution in [3.63, 3.8) is 0 Å². The van der Waals surface area contributed by atoms with E-state index in [9.17, 15) is 14.4 Å². The maximum atomic E-state index is 12.7. The van der Waals surface area contributed by atoms with Crippen LogP contribution >= 0.6 is 11.8 Å². The van der Waals surface area contributed by atoms with E-state index in [0.29, 0.717) is 12.5 Å². The first-order valence-electron chi connectivity index (χ1n) is 9.46. The highest BCUT2D eigenvalue weighted by molar-refractivity contribution is 8.00. The molecule has 0 unspecified atom stereocenters. The molecule has 0 saturated heterocycles. The molecule has 0 aliphatic carbocycles. The van der Waals surface area contributed by atoms with Crippen LogP contribution < -0.4 is 10.6 Å². The Balaban J connectivity index is 1.90. The van der Waals surface area contributed by atoms with Crippen molar-refractivity contribution >= 4 is 29.7 Å². The summed E-state index contributed by atoms with van der Waals surface area (Å²) in [7, 11) is 0. The monoisotopic (exact) mass is 414 g/mol. The molecule has 29 heavy (non-hydrogen) atoms. The molecule has 0 bridgehead atoms. The highest BCUT2D eigenvalue weighted by Crippen LogP contribution is 2.36. The Bertz CT molecular complexity index is 797. The van der Waals surface area contributed by atoms with E-state index in [1.54, 1.807) is 0 Å². The van der Waals surface area contributed by atoms with Gasteiger partial charge < -0.3 is 10.1 Å². The summed E-state index contributed by atoms with van der Waals surface area (Å²) in [5, 5.41) is 4.14. The number of urea groups is 1. The van der Waals surface area contributed by atoms with Gasteiger partial charge in [-0.15, -0.1) is 11.8 Å². The SMILES string of the molecule is CC(C)CCNC(=O)NC(=O)COC(=O)[C@@H](Sc1ccccc1)c1ccccc1. The predicted molar refractivity (Wildman–Crippen MR) is 113 cm³/mol. The molecule has 0 spiro atoms. The molecule has 0 aromatic heterocycles. The number of carbonyl (C=O) groups is 3. The Hall–Kier alpha value is -2.80. The van der Waals surface area contributed by atoms with Gasteiger partial charge in [-0.3, -0.25) is 14.9 Å². The van der Waals surface area contributed by atoms with Crippen molar-refractivity contribution < 1.29 is 19.1 Å². The number of hydrogen-bond donors (Lipinski definition) is 2. The van der Waals surface area contributed by atoms with Crippen LogP contribution in [0.4, 0.5) is 4.79 Å². The van der Waals surface area contributed by atoms with Gasteiger partial charge in [0.05, 0.1) is 0 Å². The second kappa shape index (κ2) is 11.9. The van der Waals surface area contributed by atoms with E-state index in [0.717, 1.165) is 16.9 Å². The Morgan fingerprint density at radius 1 is 0.966 bits per heavy atom. The smallest absolute Gasteiger partial charge is 0.324 e. The molecular weight excluding hydrogens is 388 g/mol. The van der Waals surface area contributed by atoms with Gasteiger partial charge in [-0.25, -0.2) is 4.79 Å². The minimum Gasteiger partial charge on any atom is -0.454 e. The summed E-state index contributed by atoms with van der Waals surface area (Å²) in [4.78, 5) is 37.2. The number of hydrogen-bond acceptors (Lipinski definition) is 5.